The lowest BCUT2D eigenvalue weighted by Crippen LogP contribution is -2.07. The fourth-order valence-electron chi connectivity index (χ4n) is 3.29. The van der Waals surface area contributed by atoms with Gasteiger partial charge >= 0.3 is 29.8 Å². The summed E-state index contributed by atoms with van der Waals surface area (Å²) in [6.45, 7) is 3.46. The number of furan rings is 1. The van der Waals surface area contributed by atoms with Crippen LogP contribution in [0.2, 0.25) is 0 Å². The van der Waals surface area contributed by atoms with E-state index in [2.05, 4.69) is 4.74 Å². The van der Waals surface area contributed by atoms with Crippen LogP contribution in [0.25, 0.3) is 28.4 Å². The molecule has 11 heteroatoms. The molecule has 0 radical (unpaired) electrons. The first-order valence-corrected chi connectivity index (χ1v) is 10.3. The predicted molar refractivity (Wildman–Crippen MR) is 124 cm³/mol. The molecular formula is C25H20O11. The van der Waals surface area contributed by atoms with Gasteiger partial charge in [0.2, 0.25) is 0 Å². The minimum atomic E-state index is -1.37. The van der Waals surface area contributed by atoms with Crippen molar-refractivity contribution in [3.8, 4) is 28.6 Å². The largest absolute Gasteiger partial charge is 0.478 e. The molecule has 0 spiro atoms. The highest BCUT2D eigenvalue weighted by molar-refractivity contribution is 6.10. The van der Waals surface area contributed by atoms with Gasteiger partial charge in [-0.1, -0.05) is 0 Å². The fraction of sp³-hybridized carbons (Fsp3) is 0.160. The summed E-state index contributed by atoms with van der Waals surface area (Å²) in [5, 5.41) is 10.1. The Kier molecular flexibility index (Phi) is 7.53. The maximum Gasteiger partial charge on any atom is 0.340 e. The predicted octanol–water partition coefficient (Wildman–Crippen LogP) is 3.76. The van der Waals surface area contributed by atoms with Crippen molar-refractivity contribution in [3.05, 3.63) is 47.5 Å². The van der Waals surface area contributed by atoms with Crippen LogP contribution in [0.15, 0.2) is 40.8 Å². The molecular weight excluding hydrogens is 476 g/mol. The average Bonchev–Trinajstić information content (AvgIpc) is 3.17. The van der Waals surface area contributed by atoms with Gasteiger partial charge in [-0.25, -0.2) is 9.59 Å². The smallest absolute Gasteiger partial charge is 0.340 e. The molecule has 186 valence electrons. The Morgan fingerprint density at radius 2 is 1.44 bits per heavy atom. The van der Waals surface area contributed by atoms with Crippen molar-refractivity contribution in [2.24, 2.45) is 0 Å². The number of ether oxygens (including phenoxy) is 4. The zero-order valence-corrected chi connectivity index (χ0v) is 19.6. The molecule has 2 aromatic carbocycles. The van der Waals surface area contributed by atoms with E-state index in [0.29, 0.717) is 5.56 Å². The van der Waals surface area contributed by atoms with Crippen LogP contribution in [0, 0.1) is 0 Å². The normalized spacial score (nSPS) is 10.8. The van der Waals surface area contributed by atoms with Crippen LogP contribution in [0.3, 0.4) is 0 Å². The number of carboxylic acids is 1. The Morgan fingerprint density at radius 3 is 2.03 bits per heavy atom. The summed E-state index contributed by atoms with van der Waals surface area (Å²) >= 11 is 0. The molecule has 0 fully saturated rings. The summed E-state index contributed by atoms with van der Waals surface area (Å²) in [6.07, 6.45) is 2.46. The molecule has 11 nitrogen and oxygen atoms in total. The van der Waals surface area contributed by atoms with Crippen LogP contribution < -0.4 is 14.2 Å². The number of rotatable bonds is 7. The number of hydrogen-bond donors (Lipinski definition) is 1. The van der Waals surface area contributed by atoms with Gasteiger partial charge in [0.15, 0.2) is 22.8 Å². The molecule has 0 atom stereocenters. The van der Waals surface area contributed by atoms with Gasteiger partial charge in [0.1, 0.15) is 11.3 Å². The van der Waals surface area contributed by atoms with Crippen LogP contribution in [-0.2, 0) is 23.9 Å². The van der Waals surface area contributed by atoms with E-state index in [1.807, 2.05) is 0 Å². The molecule has 0 amide bonds. The van der Waals surface area contributed by atoms with E-state index < -0.39 is 29.8 Å². The van der Waals surface area contributed by atoms with Crippen molar-refractivity contribution in [1.82, 2.24) is 0 Å². The standard InChI is InChI=1S/C25H20O11/c1-12(26)33-18-7-6-16(11-19(18)34-13(2)27)23-22(25(30)31)17-9-15(5-8-21(29)32-4)10-20(24(17)36-23)35-14(3)28/h5-11H,1-4H3,(H,30,31)/b8-5+. The zero-order valence-electron chi connectivity index (χ0n) is 19.6. The summed E-state index contributed by atoms with van der Waals surface area (Å²) in [6, 6.07) is 6.80. The van der Waals surface area contributed by atoms with Crippen LogP contribution in [0.4, 0.5) is 0 Å². The summed E-state index contributed by atoms with van der Waals surface area (Å²) in [5.74, 6) is -4.53. The number of aromatic carboxylic acids is 1. The Bertz CT molecular complexity index is 1430. The molecule has 0 saturated heterocycles. The number of hydrogen-bond acceptors (Lipinski definition) is 10. The lowest BCUT2D eigenvalue weighted by molar-refractivity contribution is -0.135. The Labute approximate surface area is 203 Å². The van der Waals surface area contributed by atoms with E-state index in [0.717, 1.165) is 26.8 Å². The Balaban J connectivity index is 2.29. The third-order valence-corrected chi connectivity index (χ3v) is 4.57. The van der Waals surface area contributed by atoms with Crippen molar-refractivity contribution in [2.45, 2.75) is 20.8 Å². The second kappa shape index (κ2) is 10.6. The Hall–Kier alpha value is -4.93. The summed E-state index contributed by atoms with van der Waals surface area (Å²) < 4.78 is 25.8. The van der Waals surface area contributed by atoms with E-state index in [4.69, 9.17) is 18.6 Å². The maximum atomic E-state index is 12.3. The lowest BCUT2D eigenvalue weighted by Gasteiger charge is -2.10. The number of fused-ring (bicyclic) bond motifs is 1. The quantitative estimate of drug-likeness (QED) is 0.289. The van der Waals surface area contributed by atoms with Crippen molar-refractivity contribution in [1.29, 1.82) is 0 Å². The molecule has 0 aliphatic heterocycles. The number of esters is 4. The number of carboxylic acid groups (broad SMARTS) is 1. The zero-order chi connectivity index (χ0) is 26.6. The van der Waals surface area contributed by atoms with Crippen LogP contribution in [0.1, 0.15) is 36.7 Å². The Morgan fingerprint density at radius 1 is 0.833 bits per heavy atom. The summed E-state index contributed by atoms with van der Waals surface area (Å²) in [7, 11) is 1.20. The SMILES string of the molecule is COC(=O)/C=C/c1cc(OC(C)=O)c2oc(-c3ccc(OC(C)=O)c(OC(C)=O)c3)c(C(=O)O)c2c1. The number of carbonyl (C=O) groups is 5. The number of carbonyl (C=O) groups excluding carboxylic acids is 4. The van der Waals surface area contributed by atoms with Crippen LogP contribution in [-0.4, -0.2) is 42.1 Å². The van der Waals surface area contributed by atoms with Gasteiger partial charge in [0, 0.05) is 37.8 Å². The number of benzene rings is 2. The average molecular weight is 496 g/mol. The summed E-state index contributed by atoms with van der Waals surface area (Å²) in [4.78, 5) is 58.4. The van der Waals surface area contributed by atoms with Gasteiger partial charge < -0.3 is 28.5 Å². The van der Waals surface area contributed by atoms with Gasteiger partial charge in [-0.15, -0.1) is 0 Å². The highest BCUT2D eigenvalue weighted by atomic mass is 16.6. The van der Waals surface area contributed by atoms with Gasteiger partial charge in [0.05, 0.1) is 7.11 Å². The van der Waals surface area contributed by atoms with Crippen molar-refractivity contribution >= 4 is 46.9 Å². The van der Waals surface area contributed by atoms with Crippen LogP contribution >= 0.6 is 0 Å². The van der Waals surface area contributed by atoms with Gasteiger partial charge in [0.25, 0.3) is 0 Å². The minimum Gasteiger partial charge on any atom is -0.478 e. The first kappa shape index (κ1) is 25.7. The van der Waals surface area contributed by atoms with E-state index >= 15 is 0 Å². The molecule has 0 bridgehead atoms. The molecule has 0 aliphatic rings. The highest BCUT2D eigenvalue weighted by Gasteiger charge is 2.26. The third-order valence-electron chi connectivity index (χ3n) is 4.57. The second-order valence-electron chi connectivity index (χ2n) is 7.31. The molecule has 3 aromatic rings. The molecule has 0 unspecified atom stereocenters. The molecule has 1 aromatic heterocycles. The maximum absolute atomic E-state index is 12.3. The molecule has 3 rings (SSSR count). The molecule has 36 heavy (non-hydrogen) atoms. The molecule has 0 saturated carbocycles. The molecule has 1 heterocycles. The molecule has 1 N–H and O–H groups in total. The number of methoxy groups -OCH3 is 1. The summed E-state index contributed by atoms with van der Waals surface area (Å²) in [5.41, 5.74) is 0.146. The van der Waals surface area contributed by atoms with E-state index in [1.54, 1.807) is 0 Å². The fourth-order valence-corrected chi connectivity index (χ4v) is 3.29. The minimum absolute atomic E-state index is 0.0501. The van der Waals surface area contributed by atoms with Gasteiger partial charge in [-0.2, -0.15) is 0 Å². The highest BCUT2D eigenvalue weighted by Crippen LogP contribution is 2.41. The van der Waals surface area contributed by atoms with Crippen molar-refractivity contribution < 1.29 is 52.4 Å². The van der Waals surface area contributed by atoms with Crippen molar-refractivity contribution in [3.63, 3.8) is 0 Å². The molecule has 0 aliphatic carbocycles. The van der Waals surface area contributed by atoms with Gasteiger partial charge in [-0.3, -0.25) is 14.4 Å². The van der Waals surface area contributed by atoms with Gasteiger partial charge in [-0.05, 0) is 42.0 Å². The topological polar surface area (TPSA) is 156 Å². The van der Waals surface area contributed by atoms with E-state index in [1.165, 1.54) is 43.5 Å². The monoisotopic (exact) mass is 496 g/mol. The first-order valence-electron chi connectivity index (χ1n) is 10.3. The first-order chi connectivity index (χ1) is 17.0. The third kappa shape index (κ3) is 5.76. The second-order valence-corrected chi connectivity index (χ2v) is 7.31. The lowest BCUT2D eigenvalue weighted by atomic mass is 10.0. The van der Waals surface area contributed by atoms with E-state index in [9.17, 15) is 29.1 Å². The van der Waals surface area contributed by atoms with Crippen molar-refractivity contribution in [2.75, 3.05) is 7.11 Å². The van der Waals surface area contributed by atoms with Crippen LogP contribution in [0.5, 0.6) is 17.2 Å². The van der Waals surface area contributed by atoms with E-state index in [-0.39, 0.29) is 45.1 Å².